The van der Waals surface area contributed by atoms with Gasteiger partial charge < -0.3 is 14.7 Å². The van der Waals surface area contributed by atoms with Crippen LogP contribution >= 0.6 is 11.6 Å². The summed E-state index contributed by atoms with van der Waals surface area (Å²) >= 11 is 6.24. The van der Waals surface area contributed by atoms with Gasteiger partial charge in [-0.05, 0) is 42.7 Å². The van der Waals surface area contributed by atoms with Crippen molar-refractivity contribution in [3.63, 3.8) is 0 Å². The number of ether oxygens (including phenoxy) is 1. The normalized spacial score (nSPS) is 14.2. The predicted octanol–water partition coefficient (Wildman–Crippen LogP) is 4.23. The summed E-state index contributed by atoms with van der Waals surface area (Å²) in [4.78, 5) is 18.5. The maximum absolute atomic E-state index is 13.2. The van der Waals surface area contributed by atoms with Gasteiger partial charge in [0.05, 0.1) is 35.2 Å². The Morgan fingerprint density at radius 2 is 2.12 bits per heavy atom. The fourth-order valence-electron chi connectivity index (χ4n) is 3.29. The van der Waals surface area contributed by atoms with Crippen molar-refractivity contribution >= 4 is 28.9 Å². The van der Waals surface area contributed by atoms with E-state index in [4.69, 9.17) is 27.3 Å². The third-order valence-electron chi connectivity index (χ3n) is 4.92. The Morgan fingerprint density at radius 1 is 1.38 bits per heavy atom. The second-order valence-electron chi connectivity index (χ2n) is 7.02. The lowest BCUT2D eigenvalue weighted by Gasteiger charge is -2.30. The van der Waals surface area contributed by atoms with Crippen LogP contribution in [0.25, 0.3) is 5.57 Å². The van der Waals surface area contributed by atoms with Crippen molar-refractivity contribution in [1.82, 2.24) is 9.88 Å². The summed E-state index contributed by atoms with van der Waals surface area (Å²) in [7, 11) is 0. The number of nitrogens with two attached hydrogens (primary N) is 1. The lowest BCUT2D eigenvalue weighted by Crippen LogP contribution is -2.48. The molecule has 2 aromatic rings. The van der Waals surface area contributed by atoms with Crippen LogP contribution in [0, 0.1) is 0 Å². The zero-order chi connectivity index (χ0) is 23.5. The number of benzene rings is 1. The van der Waals surface area contributed by atoms with E-state index >= 15 is 0 Å². The number of amides is 2. The van der Waals surface area contributed by atoms with E-state index in [0.29, 0.717) is 29.2 Å². The number of halogens is 4. The van der Waals surface area contributed by atoms with Crippen LogP contribution in [0.2, 0.25) is 5.02 Å². The third kappa shape index (κ3) is 5.14. The molecule has 0 unspecified atom stereocenters. The maximum Gasteiger partial charge on any atom is 0.419 e. The summed E-state index contributed by atoms with van der Waals surface area (Å²) in [5, 5.41) is 10.4. The number of aliphatic hydroxyl groups is 1. The van der Waals surface area contributed by atoms with E-state index in [1.165, 1.54) is 11.1 Å². The minimum atomic E-state index is -4.59. The third-order valence-corrected chi connectivity index (χ3v) is 5.21. The first-order valence-electron chi connectivity index (χ1n) is 9.78. The number of carbonyl (C=O) groups excluding carboxylic acids is 1. The first-order chi connectivity index (χ1) is 15.2. The van der Waals surface area contributed by atoms with Gasteiger partial charge in [0.25, 0.3) is 0 Å². The molecule has 0 saturated carbocycles. The molecule has 7 nitrogen and oxygen atoms in total. The van der Waals surface area contributed by atoms with Crippen molar-refractivity contribution in [1.29, 1.82) is 0 Å². The van der Waals surface area contributed by atoms with Crippen molar-refractivity contribution in [2.24, 2.45) is 5.84 Å². The molecule has 0 atom stereocenters. The molecule has 2 heterocycles. The second kappa shape index (κ2) is 9.76. The largest absolute Gasteiger partial charge is 0.493 e. The smallest absolute Gasteiger partial charge is 0.419 e. The van der Waals surface area contributed by atoms with Gasteiger partial charge in [-0.15, -0.1) is 0 Å². The summed E-state index contributed by atoms with van der Waals surface area (Å²) in [6.07, 6.45) is -0.810. The molecule has 32 heavy (non-hydrogen) atoms. The van der Waals surface area contributed by atoms with Crippen molar-refractivity contribution in [3.8, 4) is 5.75 Å². The average Bonchev–Trinajstić information content (AvgIpc) is 2.77. The highest BCUT2D eigenvalue weighted by molar-refractivity contribution is 6.32. The van der Waals surface area contributed by atoms with Gasteiger partial charge in [-0.2, -0.15) is 13.2 Å². The number of urea groups is 1. The number of anilines is 1. The van der Waals surface area contributed by atoms with E-state index in [9.17, 15) is 18.0 Å². The number of aliphatic hydroxyl groups excluding tert-OH is 1. The Labute approximate surface area is 187 Å². The molecule has 1 aromatic heterocycles. The number of hydrazine groups is 1. The second-order valence-corrected chi connectivity index (χ2v) is 7.43. The Morgan fingerprint density at radius 3 is 2.69 bits per heavy atom. The molecule has 3 rings (SSSR count). The monoisotopic (exact) mass is 470 g/mol. The molecule has 0 aliphatic carbocycles. The van der Waals surface area contributed by atoms with Gasteiger partial charge in [-0.3, -0.25) is 4.98 Å². The SMILES string of the molecule is CCOc1cc(N(N)C(=O)N2CC=C(c3ncc(CO)cc3Cl)CC2)ccc1C(F)(F)F. The topological polar surface area (TPSA) is 91.9 Å². The summed E-state index contributed by atoms with van der Waals surface area (Å²) in [6, 6.07) is 4.12. The zero-order valence-electron chi connectivity index (χ0n) is 17.2. The number of aromatic nitrogens is 1. The van der Waals surface area contributed by atoms with Gasteiger partial charge in [0.15, 0.2) is 0 Å². The predicted molar refractivity (Wildman–Crippen MR) is 114 cm³/mol. The number of hydrogen-bond acceptors (Lipinski definition) is 5. The van der Waals surface area contributed by atoms with Crippen LogP contribution in [0.15, 0.2) is 36.5 Å². The van der Waals surface area contributed by atoms with Gasteiger partial charge in [0.1, 0.15) is 5.75 Å². The van der Waals surface area contributed by atoms with Gasteiger partial charge in [0.2, 0.25) is 0 Å². The molecule has 1 aliphatic heterocycles. The average molecular weight is 471 g/mol. The number of carbonyl (C=O) groups is 1. The van der Waals surface area contributed by atoms with Gasteiger partial charge in [0, 0.05) is 25.4 Å². The Hall–Kier alpha value is -2.82. The Balaban J connectivity index is 1.75. The molecule has 0 fully saturated rings. The van der Waals surface area contributed by atoms with Gasteiger partial charge in [-0.25, -0.2) is 15.6 Å². The summed E-state index contributed by atoms with van der Waals surface area (Å²) in [6.45, 7) is 1.96. The van der Waals surface area contributed by atoms with Crippen LogP contribution in [-0.4, -0.2) is 40.7 Å². The van der Waals surface area contributed by atoms with E-state index in [0.717, 1.165) is 28.8 Å². The van der Waals surface area contributed by atoms with Gasteiger partial charge >= 0.3 is 12.2 Å². The first kappa shape index (κ1) is 23.8. The van der Waals surface area contributed by atoms with Crippen molar-refractivity contribution < 1.29 is 27.8 Å². The Kier molecular flexibility index (Phi) is 7.27. The van der Waals surface area contributed by atoms with Crippen LogP contribution in [0.5, 0.6) is 5.75 Å². The highest BCUT2D eigenvalue weighted by Crippen LogP contribution is 2.38. The van der Waals surface area contributed by atoms with Crippen LogP contribution in [-0.2, 0) is 12.8 Å². The fraction of sp³-hybridized carbons (Fsp3) is 0.333. The van der Waals surface area contributed by atoms with Crippen molar-refractivity contribution in [3.05, 3.63) is 58.4 Å². The number of hydrogen-bond donors (Lipinski definition) is 2. The van der Waals surface area contributed by atoms with E-state index in [2.05, 4.69) is 4.98 Å². The number of rotatable bonds is 5. The molecular formula is C21H22ClF3N4O3. The molecule has 1 aromatic carbocycles. The zero-order valence-corrected chi connectivity index (χ0v) is 18.0. The lowest BCUT2D eigenvalue weighted by atomic mass is 10.0. The molecule has 0 bridgehead atoms. The van der Waals surface area contributed by atoms with Crippen LogP contribution in [0.4, 0.5) is 23.7 Å². The fourth-order valence-corrected chi connectivity index (χ4v) is 3.60. The van der Waals surface area contributed by atoms with E-state index in [1.807, 2.05) is 0 Å². The highest BCUT2D eigenvalue weighted by atomic mass is 35.5. The molecule has 0 spiro atoms. The van der Waals surface area contributed by atoms with E-state index in [-0.39, 0.29) is 25.4 Å². The number of nitrogens with zero attached hydrogens (tertiary/aromatic N) is 3. The molecule has 1 aliphatic rings. The van der Waals surface area contributed by atoms with E-state index in [1.54, 1.807) is 19.1 Å². The number of pyridine rings is 1. The van der Waals surface area contributed by atoms with E-state index < -0.39 is 23.5 Å². The van der Waals surface area contributed by atoms with Crippen molar-refractivity contribution in [2.75, 3.05) is 24.7 Å². The highest BCUT2D eigenvalue weighted by Gasteiger charge is 2.35. The summed E-state index contributed by atoms with van der Waals surface area (Å²) < 4.78 is 44.6. The molecule has 11 heteroatoms. The van der Waals surface area contributed by atoms with Crippen molar-refractivity contribution in [2.45, 2.75) is 26.1 Å². The summed E-state index contributed by atoms with van der Waals surface area (Å²) in [5.74, 6) is 5.53. The quantitative estimate of drug-likeness (QED) is 0.387. The molecule has 0 radical (unpaired) electrons. The number of alkyl halides is 3. The molecule has 2 amide bonds. The van der Waals surface area contributed by atoms with Crippen LogP contribution in [0.1, 0.15) is 30.2 Å². The lowest BCUT2D eigenvalue weighted by molar-refractivity contribution is -0.138. The van der Waals surface area contributed by atoms with Crippen LogP contribution < -0.4 is 15.6 Å². The first-order valence-corrected chi connectivity index (χ1v) is 10.2. The summed E-state index contributed by atoms with van der Waals surface area (Å²) in [5.41, 5.74) is 1.15. The molecule has 0 saturated heterocycles. The van der Waals surface area contributed by atoms with Crippen LogP contribution in [0.3, 0.4) is 0 Å². The Bertz CT molecular complexity index is 1030. The molecular weight excluding hydrogens is 449 g/mol. The maximum atomic E-state index is 13.2. The minimum Gasteiger partial charge on any atom is -0.493 e. The standard InChI is InChI=1S/C21H22ClF3N4O3/c1-2-32-18-10-15(3-4-16(18)21(23,24)25)29(26)20(31)28-7-5-14(6-8-28)19-17(22)9-13(12-30)11-27-19/h3-5,9-11,30H,2,6-8,12,26H2,1H3. The van der Waals surface area contributed by atoms with Gasteiger partial charge in [-0.1, -0.05) is 17.7 Å². The molecule has 172 valence electrons. The molecule has 3 N–H and O–H groups in total. The minimum absolute atomic E-state index is 0.0284.